The second kappa shape index (κ2) is 4.44. The Morgan fingerprint density at radius 1 is 1.50 bits per heavy atom. The molecular formula is C10H15N5O. The standard InChI is InChI=1S/C10H15N5O/c1-6(2)5-7(11)10-14-9(15-16-10)8-12-3-4-13-8/h3-4,6-7H,5,11H2,1-2H3,(H,12,13). The van der Waals surface area contributed by atoms with Gasteiger partial charge in [-0.15, -0.1) is 0 Å². The molecule has 0 saturated heterocycles. The lowest BCUT2D eigenvalue weighted by atomic mass is 10.0. The molecule has 6 nitrogen and oxygen atoms in total. The lowest BCUT2D eigenvalue weighted by Gasteiger charge is -2.08. The zero-order valence-corrected chi connectivity index (χ0v) is 9.34. The first-order chi connectivity index (χ1) is 7.66. The second-order valence-corrected chi connectivity index (χ2v) is 4.13. The van der Waals surface area contributed by atoms with Gasteiger partial charge in [0, 0.05) is 12.4 Å². The van der Waals surface area contributed by atoms with Crippen LogP contribution in [0.4, 0.5) is 0 Å². The number of nitrogens with one attached hydrogen (secondary N) is 1. The Morgan fingerprint density at radius 3 is 2.94 bits per heavy atom. The van der Waals surface area contributed by atoms with Gasteiger partial charge in [0.2, 0.25) is 11.7 Å². The maximum absolute atomic E-state index is 5.94. The number of aromatic amines is 1. The van der Waals surface area contributed by atoms with Crippen LogP contribution in [-0.4, -0.2) is 20.1 Å². The maximum Gasteiger partial charge on any atom is 0.243 e. The van der Waals surface area contributed by atoms with Crippen LogP contribution < -0.4 is 5.73 Å². The fourth-order valence-corrected chi connectivity index (χ4v) is 1.48. The summed E-state index contributed by atoms with van der Waals surface area (Å²) in [6.45, 7) is 4.20. The van der Waals surface area contributed by atoms with Crippen molar-refractivity contribution in [2.75, 3.05) is 0 Å². The van der Waals surface area contributed by atoms with E-state index in [2.05, 4.69) is 34.0 Å². The minimum absolute atomic E-state index is 0.212. The number of hydrogen-bond donors (Lipinski definition) is 2. The molecule has 3 N–H and O–H groups in total. The van der Waals surface area contributed by atoms with Crippen molar-refractivity contribution in [3.63, 3.8) is 0 Å². The van der Waals surface area contributed by atoms with Gasteiger partial charge in [0.25, 0.3) is 0 Å². The van der Waals surface area contributed by atoms with Crippen molar-refractivity contribution in [3.8, 4) is 11.6 Å². The summed E-state index contributed by atoms with van der Waals surface area (Å²) < 4.78 is 5.11. The Bertz CT molecular complexity index is 434. The molecule has 16 heavy (non-hydrogen) atoms. The van der Waals surface area contributed by atoms with Crippen molar-refractivity contribution >= 4 is 0 Å². The number of hydrogen-bond acceptors (Lipinski definition) is 5. The number of aromatic nitrogens is 4. The summed E-state index contributed by atoms with van der Waals surface area (Å²) in [4.78, 5) is 11.2. The Labute approximate surface area is 93.3 Å². The van der Waals surface area contributed by atoms with Crippen LogP contribution in [0.25, 0.3) is 11.6 Å². The van der Waals surface area contributed by atoms with E-state index in [4.69, 9.17) is 10.3 Å². The lowest BCUT2D eigenvalue weighted by molar-refractivity contribution is 0.335. The molecule has 0 amide bonds. The van der Waals surface area contributed by atoms with Crippen molar-refractivity contribution in [1.29, 1.82) is 0 Å². The summed E-state index contributed by atoms with van der Waals surface area (Å²) in [7, 11) is 0. The summed E-state index contributed by atoms with van der Waals surface area (Å²) >= 11 is 0. The van der Waals surface area contributed by atoms with E-state index in [1.165, 1.54) is 0 Å². The number of nitrogens with zero attached hydrogens (tertiary/aromatic N) is 3. The van der Waals surface area contributed by atoms with E-state index in [1.807, 2.05) is 0 Å². The molecule has 0 aliphatic heterocycles. The van der Waals surface area contributed by atoms with E-state index < -0.39 is 0 Å². The van der Waals surface area contributed by atoms with Crippen LogP contribution >= 0.6 is 0 Å². The summed E-state index contributed by atoms with van der Waals surface area (Å²) in [5.41, 5.74) is 5.94. The third-order valence-electron chi connectivity index (χ3n) is 2.19. The fourth-order valence-electron chi connectivity index (χ4n) is 1.48. The highest BCUT2D eigenvalue weighted by atomic mass is 16.5. The molecular weight excluding hydrogens is 206 g/mol. The summed E-state index contributed by atoms with van der Waals surface area (Å²) in [5.74, 6) is 1.99. The monoisotopic (exact) mass is 221 g/mol. The molecule has 0 fully saturated rings. The molecule has 2 heterocycles. The van der Waals surface area contributed by atoms with E-state index in [-0.39, 0.29) is 6.04 Å². The highest BCUT2D eigenvalue weighted by Crippen LogP contribution is 2.19. The van der Waals surface area contributed by atoms with Gasteiger partial charge in [-0.05, 0) is 12.3 Å². The van der Waals surface area contributed by atoms with Gasteiger partial charge < -0.3 is 15.2 Å². The average molecular weight is 221 g/mol. The molecule has 1 atom stereocenters. The van der Waals surface area contributed by atoms with Crippen molar-refractivity contribution in [3.05, 3.63) is 18.3 Å². The fraction of sp³-hybridized carbons (Fsp3) is 0.500. The number of imidazole rings is 1. The van der Waals surface area contributed by atoms with Gasteiger partial charge in [-0.1, -0.05) is 19.0 Å². The first kappa shape index (κ1) is 10.8. The Kier molecular flexibility index (Phi) is 3.00. The van der Waals surface area contributed by atoms with Crippen LogP contribution in [0.2, 0.25) is 0 Å². The number of rotatable bonds is 4. The first-order valence-corrected chi connectivity index (χ1v) is 5.25. The maximum atomic E-state index is 5.94. The minimum Gasteiger partial charge on any atom is -0.342 e. The van der Waals surface area contributed by atoms with Crippen molar-refractivity contribution in [2.24, 2.45) is 11.7 Å². The SMILES string of the molecule is CC(C)CC(N)c1nc(-c2ncc[nH]2)no1. The largest absolute Gasteiger partial charge is 0.342 e. The molecule has 2 rings (SSSR count). The van der Waals surface area contributed by atoms with E-state index in [9.17, 15) is 0 Å². The number of H-pyrrole nitrogens is 1. The van der Waals surface area contributed by atoms with Gasteiger partial charge in [-0.2, -0.15) is 4.98 Å². The van der Waals surface area contributed by atoms with Gasteiger partial charge in [0.1, 0.15) is 0 Å². The van der Waals surface area contributed by atoms with E-state index in [1.54, 1.807) is 12.4 Å². The second-order valence-electron chi connectivity index (χ2n) is 4.13. The minimum atomic E-state index is -0.212. The molecule has 0 radical (unpaired) electrons. The normalized spacial score (nSPS) is 13.2. The third-order valence-corrected chi connectivity index (χ3v) is 2.19. The van der Waals surface area contributed by atoms with Gasteiger partial charge >= 0.3 is 0 Å². The first-order valence-electron chi connectivity index (χ1n) is 5.25. The predicted molar refractivity (Wildman–Crippen MR) is 58.3 cm³/mol. The van der Waals surface area contributed by atoms with E-state index >= 15 is 0 Å². The Hall–Kier alpha value is -1.69. The predicted octanol–water partition coefficient (Wildman–Crippen LogP) is 1.51. The van der Waals surface area contributed by atoms with Crippen molar-refractivity contribution < 1.29 is 4.52 Å². The molecule has 2 aromatic heterocycles. The smallest absolute Gasteiger partial charge is 0.243 e. The van der Waals surface area contributed by atoms with Crippen molar-refractivity contribution in [1.82, 2.24) is 20.1 Å². The molecule has 0 bridgehead atoms. The Morgan fingerprint density at radius 2 is 2.31 bits per heavy atom. The van der Waals surface area contributed by atoms with Crippen molar-refractivity contribution in [2.45, 2.75) is 26.3 Å². The van der Waals surface area contributed by atoms with Crippen LogP contribution in [0.1, 0.15) is 32.2 Å². The topological polar surface area (TPSA) is 93.6 Å². The lowest BCUT2D eigenvalue weighted by Crippen LogP contribution is -2.13. The van der Waals surface area contributed by atoms with Gasteiger partial charge in [0.15, 0.2) is 5.82 Å². The van der Waals surface area contributed by atoms with Gasteiger partial charge in [-0.3, -0.25) is 0 Å². The molecule has 2 aromatic rings. The highest BCUT2D eigenvalue weighted by molar-refractivity contribution is 5.40. The quantitative estimate of drug-likeness (QED) is 0.816. The van der Waals surface area contributed by atoms with E-state index in [0.29, 0.717) is 23.5 Å². The summed E-state index contributed by atoms with van der Waals surface area (Å²) in [6, 6.07) is -0.212. The molecule has 6 heteroatoms. The van der Waals surface area contributed by atoms with Crippen LogP contribution in [0.3, 0.4) is 0 Å². The third kappa shape index (κ3) is 2.27. The summed E-state index contributed by atoms with van der Waals surface area (Å²) in [5, 5.41) is 3.83. The Balaban J connectivity index is 2.13. The highest BCUT2D eigenvalue weighted by Gasteiger charge is 2.17. The molecule has 0 aromatic carbocycles. The molecule has 86 valence electrons. The van der Waals surface area contributed by atoms with Crippen LogP contribution in [0.5, 0.6) is 0 Å². The number of nitrogens with two attached hydrogens (primary N) is 1. The van der Waals surface area contributed by atoms with Gasteiger partial charge in [-0.25, -0.2) is 4.98 Å². The zero-order valence-electron chi connectivity index (χ0n) is 9.34. The van der Waals surface area contributed by atoms with E-state index in [0.717, 1.165) is 6.42 Å². The van der Waals surface area contributed by atoms with Crippen LogP contribution in [0.15, 0.2) is 16.9 Å². The summed E-state index contributed by atoms with van der Waals surface area (Å²) in [6.07, 6.45) is 4.17. The van der Waals surface area contributed by atoms with Crippen LogP contribution in [0, 0.1) is 5.92 Å². The molecule has 1 unspecified atom stereocenters. The van der Waals surface area contributed by atoms with Crippen LogP contribution in [-0.2, 0) is 0 Å². The van der Waals surface area contributed by atoms with Gasteiger partial charge in [0.05, 0.1) is 6.04 Å². The average Bonchev–Trinajstić information content (AvgIpc) is 2.87. The molecule has 0 aliphatic carbocycles. The molecule has 0 aliphatic rings. The molecule has 0 saturated carbocycles. The zero-order chi connectivity index (χ0) is 11.5. The molecule has 0 spiro atoms.